The van der Waals surface area contributed by atoms with Gasteiger partial charge in [0.25, 0.3) is 11.5 Å². The number of carbonyl (C=O) groups excluding carboxylic acids is 1. The van der Waals surface area contributed by atoms with Gasteiger partial charge in [0.2, 0.25) is 5.88 Å². The molecule has 0 bridgehead atoms. The summed E-state index contributed by atoms with van der Waals surface area (Å²) in [6, 6.07) is 12.8. The molecule has 0 aliphatic carbocycles. The Bertz CT molecular complexity index is 1330. The minimum absolute atomic E-state index is 0.0187. The number of aryl methyl sites for hydroxylation is 2. The molecule has 1 aromatic carbocycles. The van der Waals surface area contributed by atoms with Gasteiger partial charge in [0.05, 0.1) is 6.10 Å². The van der Waals surface area contributed by atoms with Crippen LogP contribution in [0.15, 0.2) is 53.0 Å². The van der Waals surface area contributed by atoms with Crippen LogP contribution in [0.3, 0.4) is 0 Å². The predicted molar refractivity (Wildman–Crippen MR) is 123 cm³/mol. The van der Waals surface area contributed by atoms with Gasteiger partial charge in [0.1, 0.15) is 28.6 Å². The lowest BCUT2D eigenvalue weighted by Crippen LogP contribution is -2.32. The van der Waals surface area contributed by atoms with Crippen molar-refractivity contribution in [1.29, 1.82) is 5.26 Å². The lowest BCUT2D eigenvalue weighted by atomic mass is 10.1. The first kappa shape index (κ1) is 22.2. The molecule has 1 fully saturated rings. The topological polar surface area (TPSA) is 106 Å². The minimum atomic E-state index is -0.580. The molecule has 8 heteroatoms. The number of nitrogens with zero attached hydrogens (tertiary/aromatic N) is 3. The van der Waals surface area contributed by atoms with Crippen LogP contribution in [0.25, 0.3) is 11.7 Å². The van der Waals surface area contributed by atoms with Crippen LogP contribution in [0.4, 0.5) is 0 Å². The molecule has 1 aliphatic heterocycles. The van der Waals surface area contributed by atoms with Crippen LogP contribution >= 0.6 is 0 Å². The van der Waals surface area contributed by atoms with Crippen molar-refractivity contribution in [3.8, 4) is 17.7 Å². The molecule has 1 N–H and O–H groups in total. The van der Waals surface area contributed by atoms with E-state index in [4.69, 9.17) is 9.47 Å². The van der Waals surface area contributed by atoms with Crippen LogP contribution in [-0.2, 0) is 9.53 Å². The number of hydrogen-bond donors (Lipinski definition) is 1. The number of nitriles is 1. The maximum Gasteiger partial charge on any atom is 0.269 e. The zero-order chi connectivity index (χ0) is 23.4. The van der Waals surface area contributed by atoms with Gasteiger partial charge in [-0.05, 0) is 56.0 Å². The molecule has 3 heterocycles. The lowest BCUT2D eigenvalue weighted by molar-refractivity contribution is -0.117. The number of hydrogen-bond acceptors (Lipinski definition) is 6. The Morgan fingerprint density at radius 2 is 2.09 bits per heavy atom. The summed E-state index contributed by atoms with van der Waals surface area (Å²) in [6.45, 7) is 4.69. The number of benzene rings is 1. The fraction of sp³-hybridized carbons (Fsp3) is 0.280. The van der Waals surface area contributed by atoms with E-state index >= 15 is 0 Å². The third kappa shape index (κ3) is 4.78. The van der Waals surface area contributed by atoms with Crippen molar-refractivity contribution in [3.63, 3.8) is 0 Å². The standard InChI is InChI=1S/C25H24N4O4/c1-16-7-3-4-10-21(16)33-24-20(25(31)29-11-5-8-17(2)22(29)28-24)13-18(14-26)23(30)27-15-19-9-6-12-32-19/h3-5,7-8,10-11,13,19H,6,9,12,15H2,1-2H3,(H,27,30). The highest BCUT2D eigenvalue weighted by atomic mass is 16.5. The Labute approximate surface area is 191 Å². The number of rotatable bonds is 6. The number of carbonyl (C=O) groups is 1. The number of pyridine rings is 1. The monoisotopic (exact) mass is 444 g/mol. The number of amides is 1. The van der Waals surface area contributed by atoms with E-state index in [1.807, 2.05) is 44.2 Å². The van der Waals surface area contributed by atoms with Crippen LogP contribution in [-0.4, -0.2) is 34.5 Å². The largest absolute Gasteiger partial charge is 0.438 e. The second-order valence-electron chi connectivity index (χ2n) is 7.90. The summed E-state index contributed by atoms with van der Waals surface area (Å²) in [5.74, 6) is -0.0230. The van der Waals surface area contributed by atoms with Crippen molar-refractivity contribution in [2.45, 2.75) is 32.8 Å². The third-order valence-corrected chi connectivity index (χ3v) is 5.52. The smallest absolute Gasteiger partial charge is 0.269 e. The van der Waals surface area contributed by atoms with Crippen molar-refractivity contribution in [3.05, 3.63) is 75.2 Å². The maximum atomic E-state index is 13.4. The van der Waals surface area contributed by atoms with E-state index in [0.717, 1.165) is 24.0 Å². The van der Waals surface area contributed by atoms with Gasteiger partial charge in [-0.15, -0.1) is 0 Å². The van der Waals surface area contributed by atoms with Crippen LogP contribution in [0.1, 0.15) is 29.5 Å². The van der Waals surface area contributed by atoms with E-state index in [2.05, 4.69) is 10.3 Å². The van der Waals surface area contributed by atoms with Gasteiger partial charge in [0, 0.05) is 19.3 Å². The second-order valence-corrected chi connectivity index (χ2v) is 7.90. The van der Waals surface area contributed by atoms with E-state index in [1.165, 1.54) is 10.5 Å². The highest BCUT2D eigenvalue weighted by molar-refractivity contribution is 6.01. The average molecular weight is 444 g/mol. The molecule has 1 unspecified atom stereocenters. The van der Waals surface area contributed by atoms with Crippen molar-refractivity contribution in [2.24, 2.45) is 0 Å². The fourth-order valence-corrected chi connectivity index (χ4v) is 3.67. The second kappa shape index (κ2) is 9.67. The molecular weight excluding hydrogens is 420 g/mol. The van der Waals surface area contributed by atoms with Gasteiger partial charge < -0.3 is 14.8 Å². The maximum absolute atomic E-state index is 13.4. The SMILES string of the molecule is Cc1ccccc1Oc1nc2c(C)cccn2c(=O)c1C=C(C#N)C(=O)NCC1CCCO1. The Hall–Kier alpha value is -3.96. The zero-order valence-electron chi connectivity index (χ0n) is 18.5. The van der Waals surface area contributed by atoms with Crippen LogP contribution in [0.2, 0.25) is 0 Å². The minimum Gasteiger partial charge on any atom is -0.438 e. The molecule has 2 aromatic heterocycles. The predicted octanol–water partition coefficient (Wildman–Crippen LogP) is 3.31. The molecule has 1 saturated heterocycles. The first-order chi connectivity index (χ1) is 16.0. The molecule has 1 amide bonds. The highest BCUT2D eigenvalue weighted by Crippen LogP contribution is 2.27. The van der Waals surface area contributed by atoms with E-state index in [1.54, 1.807) is 18.3 Å². The van der Waals surface area contributed by atoms with Gasteiger partial charge in [-0.2, -0.15) is 10.2 Å². The van der Waals surface area contributed by atoms with Gasteiger partial charge in [-0.25, -0.2) is 0 Å². The number of para-hydroxylation sites is 1. The van der Waals surface area contributed by atoms with Crippen molar-refractivity contribution >= 4 is 17.6 Å². The molecule has 0 radical (unpaired) electrons. The Balaban J connectivity index is 1.77. The van der Waals surface area contributed by atoms with Gasteiger partial charge in [-0.3, -0.25) is 14.0 Å². The summed E-state index contributed by atoms with van der Waals surface area (Å²) in [7, 11) is 0. The molecule has 3 aromatic rings. The van der Waals surface area contributed by atoms with Crippen molar-refractivity contribution < 1.29 is 14.3 Å². The molecule has 33 heavy (non-hydrogen) atoms. The van der Waals surface area contributed by atoms with Gasteiger partial charge in [-0.1, -0.05) is 24.3 Å². The van der Waals surface area contributed by atoms with Gasteiger partial charge >= 0.3 is 0 Å². The van der Waals surface area contributed by atoms with Crippen LogP contribution < -0.4 is 15.6 Å². The van der Waals surface area contributed by atoms with Crippen LogP contribution in [0.5, 0.6) is 11.6 Å². The molecule has 1 atom stereocenters. The van der Waals surface area contributed by atoms with E-state index in [0.29, 0.717) is 24.5 Å². The fourth-order valence-electron chi connectivity index (χ4n) is 3.67. The molecule has 0 saturated carbocycles. The molecule has 1 aliphatic rings. The van der Waals surface area contributed by atoms with Gasteiger partial charge in [0.15, 0.2) is 0 Å². The summed E-state index contributed by atoms with van der Waals surface area (Å²) in [5, 5.41) is 12.4. The first-order valence-electron chi connectivity index (χ1n) is 10.7. The lowest BCUT2D eigenvalue weighted by Gasteiger charge is -2.13. The highest BCUT2D eigenvalue weighted by Gasteiger charge is 2.20. The number of ether oxygens (including phenoxy) is 2. The number of nitrogens with one attached hydrogen (secondary N) is 1. The molecular formula is C25H24N4O4. The Morgan fingerprint density at radius 1 is 1.30 bits per heavy atom. The Morgan fingerprint density at radius 3 is 2.82 bits per heavy atom. The van der Waals surface area contributed by atoms with Crippen molar-refractivity contribution in [2.75, 3.05) is 13.2 Å². The summed E-state index contributed by atoms with van der Waals surface area (Å²) in [5.41, 5.74) is 1.44. The average Bonchev–Trinajstić information content (AvgIpc) is 3.33. The Kier molecular flexibility index (Phi) is 6.52. The van der Waals surface area contributed by atoms with E-state index in [-0.39, 0.29) is 23.1 Å². The normalized spacial score (nSPS) is 15.9. The molecule has 0 spiro atoms. The molecule has 8 nitrogen and oxygen atoms in total. The quantitative estimate of drug-likeness (QED) is 0.462. The summed E-state index contributed by atoms with van der Waals surface area (Å²) in [4.78, 5) is 30.6. The summed E-state index contributed by atoms with van der Waals surface area (Å²) >= 11 is 0. The van der Waals surface area contributed by atoms with Crippen LogP contribution in [0, 0.1) is 25.2 Å². The zero-order valence-corrected chi connectivity index (χ0v) is 18.5. The molecule has 168 valence electrons. The molecule has 4 rings (SSSR count). The number of aromatic nitrogens is 2. The van der Waals surface area contributed by atoms with E-state index < -0.39 is 11.5 Å². The summed E-state index contributed by atoms with van der Waals surface area (Å²) < 4.78 is 12.9. The van der Waals surface area contributed by atoms with E-state index in [9.17, 15) is 14.9 Å². The van der Waals surface area contributed by atoms with Crippen molar-refractivity contribution in [1.82, 2.24) is 14.7 Å². The first-order valence-corrected chi connectivity index (χ1v) is 10.7. The summed E-state index contributed by atoms with van der Waals surface area (Å²) in [6.07, 6.45) is 4.57. The third-order valence-electron chi connectivity index (χ3n) is 5.52. The number of fused-ring (bicyclic) bond motifs is 1.